The predicted octanol–water partition coefficient (Wildman–Crippen LogP) is 16.1. The van der Waals surface area contributed by atoms with E-state index in [-0.39, 0.29) is 48.4 Å². The molecular weight excluding hydrogens is 1400 g/mol. The van der Waals surface area contributed by atoms with Gasteiger partial charge in [-0.05, 0) is 229 Å². The Hall–Kier alpha value is -10.1. The number of nitrogens with one attached hydrogen (secondary N) is 2. The lowest BCUT2D eigenvalue weighted by molar-refractivity contribution is -0.114. The summed E-state index contributed by atoms with van der Waals surface area (Å²) >= 11 is 0. The van der Waals surface area contributed by atoms with Crippen molar-refractivity contribution in [2.75, 3.05) is 118 Å². The van der Waals surface area contributed by atoms with Crippen molar-refractivity contribution in [1.29, 1.82) is 5.41 Å². The van der Waals surface area contributed by atoms with Crippen LogP contribution in [0.3, 0.4) is 0 Å². The van der Waals surface area contributed by atoms with Gasteiger partial charge in [0, 0.05) is 140 Å². The minimum Gasteiger partial charge on any atom is -0.508 e. The zero-order chi connectivity index (χ0) is 78.2. The van der Waals surface area contributed by atoms with Crippen molar-refractivity contribution in [1.82, 2.24) is 14.7 Å². The Bertz CT molecular complexity index is 4630. The number of allylic oxidation sites excluding steroid dienone is 3. The molecule has 4 aliphatic rings. The van der Waals surface area contributed by atoms with E-state index in [4.69, 9.17) is 11.1 Å². The first-order valence-electron chi connectivity index (χ1n) is 39.7. The number of carbonyl (C=O) groups is 1. The van der Waals surface area contributed by atoms with E-state index >= 15 is 0 Å². The molecule has 0 unspecified atom stereocenters. The number of aliphatic hydroxyl groups is 3. The Labute approximate surface area is 659 Å². The van der Waals surface area contributed by atoms with Crippen LogP contribution in [0, 0.1) is 5.41 Å². The fourth-order valence-electron chi connectivity index (χ4n) is 15.3. The van der Waals surface area contributed by atoms with Crippen molar-refractivity contribution in [3.8, 4) is 5.75 Å². The van der Waals surface area contributed by atoms with Gasteiger partial charge in [0.05, 0.1) is 11.0 Å². The van der Waals surface area contributed by atoms with Crippen LogP contribution in [0.2, 0.25) is 0 Å². The molecule has 582 valence electrons. The molecule has 0 radical (unpaired) electrons. The summed E-state index contributed by atoms with van der Waals surface area (Å²) in [5, 5.41) is 49.2. The van der Waals surface area contributed by atoms with Gasteiger partial charge in [-0.25, -0.2) is 8.42 Å². The average molecular weight is 1510 g/mol. The van der Waals surface area contributed by atoms with Gasteiger partial charge in [-0.3, -0.25) is 20.0 Å². The van der Waals surface area contributed by atoms with E-state index in [2.05, 4.69) is 215 Å². The first-order chi connectivity index (χ1) is 53.9. The van der Waals surface area contributed by atoms with E-state index in [1.165, 1.54) is 35.0 Å². The van der Waals surface area contributed by atoms with Crippen LogP contribution in [-0.2, 0) is 20.4 Å². The predicted molar refractivity (Wildman–Crippen MR) is 460 cm³/mol. The number of nitrogens with two attached hydrogens (primary N) is 1. The van der Waals surface area contributed by atoms with Crippen LogP contribution in [0.5, 0.6) is 5.75 Å². The highest BCUT2D eigenvalue weighted by Crippen LogP contribution is 2.41. The molecule has 1 amide bonds. The number of aromatic hydroxyl groups is 1. The number of phenolic OH excluding ortho intramolecular Hbond substituents is 1. The Balaban J connectivity index is 0.000000165. The Morgan fingerprint density at radius 1 is 0.423 bits per heavy atom. The minimum atomic E-state index is -3.07. The third kappa shape index (κ3) is 22.6. The van der Waals surface area contributed by atoms with Gasteiger partial charge < -0.3 is 51.1 Å². The molecule has 111 heavy (non-hydrogen) atoms. The van der Waals surface area contributed by atoms with Crippen LogP contribution in [-0.4, -0.2) is 171 Å². The normalized spacial score (nSPS) is 15.7. The molecule has 8 N–H and O–H groups in total. The smallest absolute Gasteiger partial charge is 0.221 e. The number of aliphatic hydroxyl groups excluding tert-OH is 3. The molecule has 0 atom stereocenters. The van der Waals surface area contributed by atoms with E-state index in [1.807, 2.05) is 71.6 Å². The second-order valence-corrected chi connectivity index (χ2v) is 32.2. The molecule has 0 spiro atoms. The Morgan fingerprint density at radius 2 is 0.721 bits per heavy atom. The largest absolute Gasteiger partial charge is 0.508 e. The lowest BCUT2D eigenvalue weighted by Gasteiger charge is -2.38. The number of benzene rings is 9. The molecule has 16 nitrogen and oxygen atoms in total. The highest BCUT2D eigenvalue weighted by atomic mass is 32.2. The number of amides is 1. The van der Waals surface area contributed by atoms with Crippen molar-refractivity contribution >= 4 is 77.9 Å². The van der Waals surface area contributed by atoms with E-state index in [0.717, 1.165) is 194 Å². The third-order valence-corrected chi connectivity index (χ3v) is 23.8. The summed E-state index contributed by atoms with van der Waals surface area (Å²) in [6, 6.07) is 82.1. The van der Waals surface area contributed by atoms with Crippen LogP contribution in [0.1, 0.15) is 142 Å². The van der Waals surface area contributed by atoms with Gasteiger partial charge in [0.1, 0.15) is 5.75 Å². The molecule has 1 saturated carbocycles. The van der Waals surface area contributed by atoms with Crippen LogP contribution in [0.25, 0.3) is 33.4 Å². The summed E-state index contributed by atoms with van der Waals surface area (Å²) in [4.78, 5) is 25.7. The molecular formula is C94H113N9O7S. The zero-order valence-corrected chi connectivity index (χ0v) is 66.2. The number of rotatable bonds is 27. The number of carbonyl (C=O) groups excluding carboxylic acids is 1. The number of hydrogen-bond donors (Lipinski definition) is 7. The summed E-state index contributed by atoms with van der Waals surface area (Å²) in [7, 11) is -3.07. The number of guanidine groups is 1. The van der Waals surface area contributed by atoms with E-state index in [1.54, 1.807) is 12.1 Å². The van der Waals surface area contributed by atoms with E-state index < -0.39 is 9.84 Å². The molecule has 17 heteroatoms. The lowest BCUT2D eigenvalue weighted by atomic mass is 9.87. The van der Waals surface area contributed by atoms with Crippen molar-refractivity contribution in [2.24, 2.45) is 5.73 Å². The quantitative estimate of drug-likeness (QED) is 0.0145. The fraction of sp³-hybridized carbons (Fsp3) is 0.340. The van der Waals surface area contributed by atoms with Gasteiger partial charge in [0.25, 0.3) is 0 Å². The van der Waals surface area contributed by atoms with Crippen LogP contribution in [0.15, 0.2) is 237 Å². The molecule has 0 bridgehead atoms. The average Bonchev–Trinajstić information content (AvgIpc) is 1.29. The van der Waals surface area contributed by atoms with E-state index in [9.17, 15) is 33.6 Å². The molecule has 9 aromatic rings. The number of hydrogen-bond acceptors (Lipinski definition) is 13. The summed E-state index contributed by atoms with van der Waals surface area (Å²) in [6.07, 6.45) is 5.87. The monoisotopic (exact) mass is 1510 g/mol. The van der Waals surface area contributed by atoms with Gasteiger partial charge >= 0.3 is 0 Å². The number of piperazine rings is 3. The molecule has 4 fully saturated rings. The van der Waals surface area contributed by atoms with Gasteiger partial charge in [-0.1, -0.05) is 176 Å². The minimum absolute atomic E-state index is 0.0822. The van der Waals surface area contributed by atoms with Crippen molar-refractivity contribution in [3.63, 3.8) is 0 Å². The van der Waals surface area contributed by atoms with Crippen LogP contribution < -0.4 is 25.8 Å². The maximum Gasteiger partial charge on any atom is 0.221 e. The van der Waals surface area contributed by atoms with Crippen molar-refractivity contribution in [3.05, 3.63) is 292 Å². The fourth-order valence-corrected chi connectivity index (χ4v) is 17.0. The maximum atomic E-state index is 12.6. The lowest BCUT2D eigenvalue weighted by Crippen LogP contribution is -2.50. The van der Waals surface area contributed by atoms with Crippen LogP contribution in [0.4, 0.5) is 22.7 Å². The molecule has 3 saturated heterocycles. The maximum absolute atomic E-state index is 12.6. The van der Waals surface area contributed by atoms with Gasteiger partial charge in [0.15, 0.2) is 15.8 Å². The topological polar surface area (TPSA) is 213 Å². The number of nitrogens with zero attached hydrogens (tertiary/aromatic N) is 6. The third-order valence-electron chi connectivity index (χ3n) is 21.6. The Morgan fingerprint density at radius 3 is 1.01 bits per heavy atom. The molecule has 0 aromatic heterocycles. The number of sulfone groups is 1. The van der Waals surface area contributed by atoms with Gasteiger partial charge in [-0.2, -0.15) is 0 Å². The van der Waals surface area contributed by atoms with Gasteiger partial charge in [-0.15, -0.1) is 0 Å². The second-order valence-electron chi connectivity index (χ2n) is 29.9. The molecule has 13 rings (SSSR count). The number of anilines is 4. The van der Waals surface area contributed by atoms with Gasteiger partial charge in [0.2, 0.25) is 5.91 Å². The molecule has 9 aromatic carbocycles. The first kappa shape index (κ1) is 81.9. The van der Waals surface area contributed by atoms with Crippen molar-refractivity contribution in [2.45, 2.75) is 109 Å². The summed E-state index contributed by atoms with van der Waals surface area (Å²) < 4.78 is 25.2. The van der Waals surface area contributed by atoms with E-state index in [0.29, 0.717) is 31.3 Å². The highest BCUT2D eigenvalue weighted by Gasteiger charge is 2.35. The second kappa shape index (κ2) is 40.2. The summed E-state index contributed by atoms with van der Waals surface area (Å²) in [5.41, 5.74) is 27.8. The SMILES string of the molecule is CC(=O)Nc1ccc(/C(=C(\CCCO)c2ccccc2)c2ccc(N3CCN(C(C)C)CC3)cc2)cc1.CC(C)N1CCN(c2ccc(/C(=C(/CCCO)c3ccccc3)c3ccc(CS(=O)(=O)C4CC4)cc3)cc2)CC1.N=C(N)N1CCN(c2ccc(/C(=C(/CCCO)c3ccccc3)c3ccc(O)cc3)cc2)CC1. The highest BCUT2D eigenvalue weighted by molar-refractivity contribution is 7.91. The standard InChI is InChI=1S/C34H42N2O3S.C32H39N3O2.C28H32N4O2/c1-26(2)35-20-22-36(23-21-35)31-16-14-30(15-17-31)34(33(9-6-24-37)28-7-4-3-5-8-28)29-12-10-27(11-13-29)25-40(38,39)32-18-19-32;1-24(2)34-19-21-35(22-20-34)30-17-13-28(14-18-30)32(27-11-15-29(16-12-27)33-25(3)37)31(10-7-23-36)26-8-5-4-6-9-26;29-28(30)32-18-16-31(17-19-32)24-12-8-22(9-13-24)27(23-10-14-25(34)15-11-23)26(7-4-20-33)21-5-2-1-3-6-21/h3-5,7-8,10-17,26,32,37H,6,9,18-25H2,1-2H3;4-6,8-9,11-18,24,36H,7,10,19-23H2,1-3H3,(H,33,37);1-3,5-6,8-15,33-34H,4,7,16-20H2,(H3,29,30)/b34-33-;32-31-;27-26+. The molecule has 3 heterocycles. The summed E-state index contributed by atoms with van der Waals surface area (Å²) in [6.45, 7) is 22.6. The molecule has 1 aliphatic carbocycles. The number of phenols is 1. The Kier molecular flexibility index (Phi) is 29.6. The zero-order valence-electron chi connectivity index (χ0n) is 65.4. The van der Waals surface area contributed by atoms with Crippen molar-refractivity contribution < 1.29 is 33.6 Å². The summed E-state index contributed by atoms with van der Waals surface area (Å²) in [5.74, 6) is 0.391. The molecule has 3 aliphatic heterocycles. The van der Waals surface area contributed by atoms with Crippen LogP contribution >= 0.6 is 0 Å². The first-order valence-corrected chi connectivity index (χ1v) is 41.4.